The summed E-state index contributed by atoms with van der Waals surface area (Å²) in [7, 11) is 0. The lowest BCUT2D eigenvalue weighted by molar-refractivity contribution is -0.165. The molecular formula is C21H42MgO4. The highest BCUT2D eigenvalue weighted by atomic mass is 24.3. The predicted molar refractivity (Wildman–Crippen MR) is 111 cm³/mol. The van der Waals surface area contributed by atoms with Gasteiger partial charge in [-0.05, 0) is 13.3 Å². The van der Waals surface area contributed by atoms with Gasteiger partial charge in [-0.1, -0.05) is 96.8 Å². The molecular weight excluding hydrogens is 341 g/mol. The number of esters is 2. The summed E-state index contributed by atoms with van der Waals surface area (Å²) in [5.74, 6) is -1.38. The van der Waals surface area contributed by atoms with Crippen molar-refractivity contribution in [2.24, 2.45) is 0 Å². The summed E-state index contributed by atoms with van der Waals surface area (Å²) < 4.78 is 4.50. The number of hydrogen-bond acceptors (Lipinski definition) is 4. The number of carbonyl (C=O) groups excluding carboxylic acids is 2. The van der Waals surface area contributed by atoms with Crippen molar-refractivity contribution in [1.82, 2.24) is 0 Å². The van der Waals surface area contributed by atoms with Crippen molar-refractivity contribution in [3.8, 4) is 0 Å². The molecule has 1 atom stereocenters. The summed E-state index contributed by atoms with van der Waals surface area (Å²) in [5, 5.41) is 8.95. The first kappa shape index (κ1) is 28.1. The number of unbranched alkanes of at least 4 members (excludes halogenated alkanes) is 14. The molecule has 1 unspecified atom stereocenters. The third-order valence-electron chi connectivity index (χ3n) is 4.54. The standard InChI is InChI=1S/C21H40O4.Mg.2H/c1-3-4-5-6-7-8-9-10-11-12-13-14-15-16-17-18-20(23)25-21(24)19(2)22;;;/h19,22H,3-18H2,1-2H3;;;. The molecule has 0 aromatic carbocycles. The van der Waals surface area contributed by atoms with Crippen molar-refractivity contribution >= 4 is 35.0 Å². The van der Waals surface area contributed by atoms with Gasteiger partial charge in [-0.15, -0.1) is 0 Å². The fourth-order valence-electron chi connectivity index (χ4n) is 2.89. The van der Waals surface area contributed by atoms with Crippen LogP contribution in [-0.2, 0) is 14.3 Å². The first-order valence-electron chi connectivity index (χ1n) is 10.5. The van der Waals surface area contributed by atoms with Crippen molar-refractivity contribution in [1.29, 1.82) is 0 Å². The van der Waals surface area contributed by atoms with E-state index in [0.717, 1.165) is 19.3 Å². The van der Waals surface area contributed by atoms with Crippen LogP contribution >= 0.6 is 0 Å². The molecule has 4 nitrogen and oxygen atoms in total. The molecule has 152 valence electrons. The molecule has 0 aliphatic heterocycles. The molecule has 0 heterocycles. The smallest absolute Gasteiger partial charge is 0.342 e. The number of ether oxygens (including phenoxy) is 1. The summed E-state index contributed by atoms with van der Waals surface area (Å²) in [6.45, 7) is 3.55. The molecule has 0 rings (SSSR count). The lowest BCUT2D eigenvalue weighted by Gasteiger charge is -2.05. The maximum atomic E-state index is 11.3. The molecule has 1 N–H and O–H groups in total. The molecule has 0 bridgehead atoms. The van der Waals surface area contributed by atoms with Gasteiger partial charge in [0.15, 0.2) is 0 Å². The van der Waals surface area contributed by atoms with Crippen molar-refractivity contribution in [3.63, 3.8) is 0 Å². The molecule has 0 aromatic rings. The Bertz CT molecular complexity index is 332. The van der Waals surface area contributed by atoms with Gasteiger partial charge in [-0.2, -0.15) is 0 Å². The van der Waals surface area contributed by atoms with Crippen LogP contribution in [0.3, 0.4) is 0 Å². The van der Waals surface area contributed by atoms with Crippen LogP contribution in [0.4, 0.5) is 0 Å². The van der Waals surface area contributed by atoms with Gasteiger partial charge in [0.1, 0.15) is 6.10 Å². The van der Waals surface area contributed by atoms with E-state index in [0.29, 0.717) is 0 Å². The fourth-order valence-corrected chi connectivity index (χ4v) is 2.89. The fraction of sp³-hybridized carbons (Fsp3) is 0.905. The predicted octanol–water partition coefficient (Wildman–Crippen LogP) is 4.78. The molecule has 0 aromatic heterocycles. The quantitative estimate of drug-likeness (QED) is 0.170. The second kappa shape index (κ2) is 21.2. The normalized spacial score (nSPS) is 11.7. The van der Waals surface area contributed by atoms with Gasteiger partial charge >= 0.3 is 35.0 Å². The lowest BCUT2D eigenvalue weighted by atomic mass is 10.0. The Morgan fingerprint density at radius 3 is 1.42 bits per heavy atom. The summed E-state index contributed by atoms with van der Waals surface area (Å²) in [6.07, 6.45) is 18.2. The Morgan fingerprint density at radius 1 is 0.731 bits per heavy atom. The minimum atomic E-state index is -1.23. The second-order valence-corrected chi connectivity index (χ2v) is 7.17. The van der Waals surface area contributed by atoms with Gasteiger partial charge < -0.3 is 9.84 Å². The Balaban J connectivity index is 0. The SMILES string of the molecule is CCCCCCCCCCCCCCCCCC(=O)OC(=O)C(C)O.[MgH2]. The topological polar surface area (TPSA) is 63.6 Å². The number of carbonyl (C=O) groups is 2. The van der Waals surface area contributed by atoms with Crippen LogP contribution in [0.1, 0.15) is 117 Å². The van der Waals surface area contributed by atoms with E-state index in [1.165, 1.54) is 84.0 Å². The summed E-state index contributed by atoms with van der Waals surface area (Å²) >= 11 is 0. The summed E-state index contributed by atoms with van der Waals surface area (Å²) in [6, 6.07) is 0. The van der Waals surface area contributed by atoms with E-state index >= 15 is 0 Å². The van der Waals surface area contributed by atoms with Crippen LogP contribution in [-0.4, -0.2) is 46.2 Å². The van der Waals surface area contributed by atoms with E-state index in [9.17, 15) is 9.59 Å². The van der Waals surface area contributed by atoms with E-state index < -0.39 is 18.0 Å². The third kappa shape index (κ3) is 20.2. The zero-order valence-electron chi connectivity index (χ0n) is 16.6. The van der Waals surface area contributed by atoms with Crippen LogP contribution in [0, 0.1) is 0 Å². The molecule has 0 spiro atoms. The molecule has 0 fully saturated rings. The van der Waals surface area contributed by atoms with E-state index in [1.54, 1.807) is 0 Å². The van der Waals surface area contributed by atoms with E-state index in [4.69, 9.17) is 5.11 Å². The highest BCUT2D eigenvalue weighted by molar-refractivity contribution is 5.87. The van der Waals surface area contributed by atoms with Gasteiger partial charge in [0.2, 0.25) is 0 Å². The minimum absolute atomic E-state index is 0. The first-order valence-corrected chi connectivity index (χ1v) is 10.5. The molecule has 0 saturated heterocycles. The maximum absolute atomic E-state index is 11.3. The van der Waals surface area contributed by atoms with E-state index in [2.05, 4.69) is 11.7 Å². The summed E-state index contributed by atoms with van der Waals surface area (Å²) in [4.78, 5) is 22.4. The van der Waals surface area contributed by atoms with Gasteiger partial charge in [0.25, 0.3) is 0 Å². The van der Waals surface area contributed by atoms with E-state index in [-0.39, 0.29) is 29.5 Å². The molecule has 26 heavy (non-hydrogen) atoms. The van der Waals surface area contributed by atoms with Crippen LogP contribution in [0.25, 0.3) is 0 Å². The monoisotopic (exact) mass is 382 g/mol. The number of aliphatic hydroxyl groups is 1. The Labute approximate surface area is 177 Å². The highest BCUT2D eigenvalue weighted by Gasteiger charge is 2.14. The van der Waals surface area contributed by atoms with Gasteiger partial charge in [0, 0.05) is 6.42 Å². The van der Waals surface area contributed by atoms with Gasteiger partial charge in [-0.3, -0.25) is 4.79 Å². The average molecular weight is 383 g/mol. The molecule has 0 saturated carbocycles. The van der Waals surface area contributed by atoms with Crippen LogP contribution in [0.5, 0.6) is 0 Å². The zero-order chi connectivity index (χ0) is 18.8. The van der Waals surface area contributed by atoms with Crippen molar-refractivity contribution in [2.75, 3.05) is 0 Å². The molecule has 0 amide bonds. The van der Waals surface area contributed by atoms with E-state index in [1.807, 2.05) is 0 Å². The van der Waals surface area contributed by atoms with Gasteiger partial charge in [-0.25, -0.2) is 4.79 Å². The summed E-state index contributed by atoms with van der Waals surface area (Å²) in [5.41, 5.74) is 0. The molecule has 0 radical (unpaired) electrons. The number of aliphatic hydroxyl groups excluding tert-OH is 1. The second-order valence-electron chi connectivity index (χ2n) is 7.17. The molecule has 5 heteroatoms. The molecule has 0 aliphatic rings. The number of rotatable bonds is 17. The first-order chi connectivity index (χ1) is 12.1. The van der Waals surface area contributed by atoms with Crippen molar-refractivity contribution in [3.05, 3.63) is 0 Å². The highest BCUT2D eigenvalue weighted by Crippen LogP contribution is 2.13. The zero-order valence-corrected chi connectivity index (χ0v) is 16.6. The van der Waals surface area contributed by atoms with Crippen molar-refractivity contribution < 1.29 is 19.4 Å². The van der Waals surface area contributed by atoms with Crippen LogP contribution < -0.4 is 0 Å². The lowest BCUT2D eigenvalue weighted by Crippen LogP contribution is -2.22. The van der Waals surface area contributed by atoms with Gasteiger partial charge in [0.05, 0.1) is 0 Å². The van der Waals surface area contributed by atoms with Crippen molar-refractivity contribution in [2.45, 2.75) is 123 Å². The largest absolute Gasteiger partial charge is 0.391 e. The number of hydrogen-bond donors (Lipinski definition) is 1. The van der Waals surface area contributed by atoms with Crippen LogP contribution in [0.2, 0.25) is 0 Å². The maximum Gasteiger partial charge on any atom is 0.342 e. The Kier molecular flexibility index (Phi) is 22.9. The average Bonchev–Trinajstić information content (AvgIpc) is 2.58. The third-order valence-corrected chi connectivity index (χ3v) is 4.54. The Morgan fingerprint density at radius 2 is 1.08 bits per heavy atom. The minimum Gasteiger partial charge on any atom is -0.391 e. The molecule has 0 aliphatic carbocycles. The van der Waals surface area contributed by atoms with Crippen LogP contribution in [0.15, 0.2) is 0 Å². The Hall–Kier alpha value is -0.134.